The molecule has 1 fully saturated rings. The van der Waals surface area contributed by atoms with Crippen molar-refractivity contribution >= 4 is 17.6 Å². The molecule has 0 spiro atoms. The van der Waals surface area contributed by atoms with Gasteiger partial charge < -0.3 is 5.11 Å². The number of aliphatic carboxylic acids is 1. The predicted molar refractivity (Wildman–Crippen MR) is 54.6 cm³/mol. The molecule has 1 aromatic rings. The molecule has 1 aromatic carbocycles. The molecule has 0 aliphatic heterocycles. The molecule has 1 N–H and O–H groups in total. The molecule has 0 bridgehead atoms. The van der Waals surface area contributed by atoms with Gasteiger partial charge in [0.15, 0.2) is 0 Å². The molecule has 0 aromatic heterocycles. The van der Waals surface area contributed by atoms with E-state index in [1.807, 2.05) is 0 Å². The summed E-state index contributed by atoms with van der Waals surface area (Å²) in [6, 6.07) is 4.24. The lowest BCUT2D eigenvalue weighted by Crippen LogP contribution is -2.42. The number of halogens is 2. The molecule has 0 amide bonds. The maximum Gasteiger partial charge on any atom is 0.314 e. The molecule has 1 aliphatic rings. The Morgan fingerprint density at radius 2 is 2.13 bits per heavy atom. The fourth-order valence-corrected chi connectivity index (χ4v) is 2.07. The first-order chi connectivity index (χ1) is 7.06. The van der Waals surface area contributed by atoms with Crippen molar-refractivity contribution in [1.29, 1.82) is 0 Å². The zero-order chi connectivity index (χ0) is 11.1. The van der Waals surface area contributed by atoms with Crippen LogP contribution in [0.3, 0.4) is 0 Å². The fourth-order valence-electron chi connectivity index (χ4n) is 1.95. The highest BCUT2D eigenvalue weighted by Crippen LogP contribution is 2.44. The van der Waals surface area contributed by atoms with Gasteiger partial charge in [-0.25, -0.2) is 4.39 Å². The lowest BCUT2D eigenvalue weighted by atomic mass is 9.64. The minimum Gasteiger partial charge on any atom is -0.481 e. The van der Waals surface area contributed by atoms with Crippen LogP contribution in [-0.2, 0) is 10.2 Å². The van der Waals surface area contributed by atoms with Crippen molar-refractivity contribution in [3.8, 4) is 0 Å². The molecular formula is C11H10ClFO2. The SMILES string of the molecule is O=C(O)C1(c2ccc(Cl)c(F)c2)CCC1. The van der Waals surface area contributed by atoms with Crippen LogP contribution in [0.2, 0.25) is 5.02 Å². The summed E-state index contributed by atoms with van der Waals surface area (Å²) >= 11 is 5.55. The van der Waals surface area contributed by atoms with E-state index in [0.29, 0.717) is 18.4 Å². The fraction of sp³-hybridized carbons (Fsp3) is 0.364. The second-order valence-electron chi connectivity index (χ2n) is 3.87. The van der Waals surface area contributed by atoms with E-state index in [0.717, 1.165) is 6.42 Å². The van der Waals surface area contributed by atoms with Gasteiger partial charge in [-0.15, -0.1) is 0 Å². The molecule has 0 radical (unpaired) electrons. The molecule has 1 aliphatic carbocycles. The van der Waals surface area contributed by atoms with E-state index in [1.54, 1.807) is 6.07 Å². The number of carboxylic acids is 1. The highest BCUT2D eigenvalue weighted by atomic mass is 35.5. The van der Waals surface area contributed by atoms with Crippen molar-refractivity contribution in [3.05, 3.63) is 34.6 Å². The summed E-state index contributed by atoms with van der Waals surface area (Å²) in [4.78, 5) is 11.1. The Labute approximate surface area is 91.7 Å². The quantitative estimate of drug-likeness (QED) is 0.845. The summed E-state index contributed by atoms with van der Waals surface area (Å²) in [6.07, 6.45) is 2.02. The van der Waals surface area contributed by atoms with E-state index >= 15 is 0 Å². The molecule has 1 saturated carbocycles. The Balaban J connectivity index is 2.44. The van der Waals surface area contributed by atoms with Crippen LogP contribution < -0.4 is 0 Å². The first-order valence-electron chi connectivity index (χ1n) is 4.75. The second-order valence-corrected chi connectivity index (χ2v) is 4.28. The summed E-state index contributed by atoms with van der Waals surface area (Å²) in [5.41, 5.74) is -0.367. The molecule has 0 saturated heterocycles. The Bertz CT molecular complexity index is 413. The number of hydrogen-bond donors (Lipinski definition) is 1. The highest BCUT2D eigenvalue weighted by Gasteiger charge is 2.46. The Kier molecular flexibility index (Phi) is 2.43. The molecule has 4 heteroatoms. The normalized spacial score (nSPS) is 18.3. The van der Waals surface area contributed by atoms with Crippen molar-refractivity contribution in [2.75, 3.05) is 0 Å². The molecule has 15 heavy (non-hydrogen) atoms. The van der Waals surface area contributed by atoms with Gasteiger partial charge in [-0.1, -0.05) is 24.1 Å². The zero-order valence-electron chi connectivity index (χ0n) is 7.96. The number of rotatable bonds is 2. The summed E-state index contributed by atoms with van der Waals surface area (Å²) in [6.45, 7) is 0. The van der Waals surface area contributed by atoms with Crippen LogP contribution in [0.4, 0.5) is 4.39 Å². The maximum atomic E-state index is 13.2. The summed E-state index contributed by atoms with van der Waals surface area (Å²) < 4.78 is 13.2. The number of carbonyl (C=O) groups is 1. The first kappa shape index (κ1) is 10.4. The van der Waals surface area contributed by atoms with Crippen molar-refractivity contribution in [2.24, 2.45) is 0 Å². The first-order valence-corrected chi connectivity index (χ1v) is 5.13. The topological polar surface area (TPSA) is 37.3 Å². The van der Waals surface area contributed by atoms with Crippen molar-refractivity contribution in [3.63, 3.8) is 0 Å². The van der Waals surface area contributed by atoms with E-state index in [1.165, 1.54) is 12.1 Å². The maximum absolute atomic E-state index is 13.2. The van der Waals surface area contributed by atoms with Crippen molar-refractivity contribution in [2.45, 2.75) is 24.7 Å². The van der Waals surface area contributed by atoms with Crippen LogP contribution in [0, 0.1) is 5.82 Å². The smallest absolute Gasteiger partial charge is 0.314 e. The van der Waals surface area contributed by atoms with Crippen LogP contribution in [0.15, 0.2) is 18.2 Å². The van der Waals surface area contributed by atoms with E-state index in [9.17, 15) is 9.18 Å². The number of benzene rings is 1. The highest BCUT2D eigenvalue weighted by molar-refractivity contribution is 6.30. The Morgan fingerprint density at radius 1 is 1.47 bits per heavy atom. The summed E-state index contributed by atoms with van der Waals surface area (Å²) in [7, 11) is 0. The van der Waals surface area contributed by atoms with Gasteiger partial charge in [0.05, 0.1) is 10.4 Å². The lowest BCUT2D eigenvalue weighted by Gasteiger charge is -2.38. The third kappa shape index (κ3) is 1.51. The Hall–Kier alpha value is -1.09. The third-order valence-corrected chi connectivity index (χ3v) is 3.40. The third-order valence-electron chi connectivity index (χ3n) is 3.09. The molecule has 0 unspecified atom stereocenters. The molecule has 80 valence electrons. The average Bonchev–Trinajstić information content (AvgIpc) is 2.08. The second kappa shape index (κ2) is 3.49. The van der Waals surface area contributed by atoms with E-state index in [2.05, 4.69) is 0 Å². The largest absolute Gasteiger partial charge is 0.481 e. The minimum atomic E-state index is -0.884. The molecule has 2 nitrogen and oxygen atoms in total. The van der Waals surface area contributed by atoms with E-state index < -0.39 is 17.2 Å². The van der Waals surface area contributed by atoms with E-state index in [-0.39, 0.29) is 5.02 Å². The minimum absolute atomic E-state index is 0.0265. The summed E-state index contributed by atoms with van der Waals surface area (Å²) in [5, 5.41) is 9.17. The van der Waals surface area contributed by atoms with Gasteiger partial charge in [0.25, 0.3) is 0 Å². The van der Waals surface area contributed by atoms with Gasteiger partial charge in [0.1, 0.15) is 5.82 Å². The molecule has 2 rings (SSSR count). The van der Waals surface area contributed by atoms with Gasteiger partial charge in [-0.3, -0.25) is 4.79 Å². The molecule has 0 atom stereocenters. The average molecular weight is 229 g/mol. The van der Waals surface area contributed by atoms with Crippen LogP contribution in [0.25, 0.3) is 0 Å². The van der Waals surface area contributed by atoms with Gasteiger partial charge in [-0.2, -0.15) is 0 Å². The summed E-state index contributed by atoms with van der Waals surface area (Å²) in [5.74, 6) is -1.43. The molecular weight excluding hydrogens is 219 g/mol. The van der Waals surface area contributed by atoms with Crippen LogP contribution in [0.1, 0.15) is 24.8 Å². The van der Waals surface area contributed by atoms with Gasteiger partial charge in [0, 0.05) is 0 Å². The van der Waals surface area contributed by atoms with Gasteiger partial charge in [-0.05, 0) is 30.5 Å². The van der Waals surface area contributed by atoms with Crippen molar-refractivity contribution < 1.29 is 14.3 Å². The van der Waals surface area contributed by atoms with Crippen LogP contribution in [-0.4, -0.2) is 11.1 Å². The molecule has 0 heterocycles. The van der Waals surface area contributed by atoms with E-state index in [4.69, 9.17) is 16.7 Å². The zero-order valence-corrected chi connectivity index (χ0v) is 8.72. The predicted octanol–water partition coefficient (Wildman–Crippen LogP) is 2.99. The van der Waals surface area contributed by atoms with Crippen molar-refractivity contribution in [1.82, 2.24) is 0 Å². The standard InChI is InChI=1S/C11H10ClFO2/c12-8-3-2-7(6-9(8)13)11(10(14)15)4-1-5-11/h2-3,6H,1,4-5H2,(H,14,15). The van der Waals surface area contributed by atoms with Gasteiger partial charge in [0.2, 0.25) is 0 Å². The monoisotopic (exact) mass is 228 g/mol. The van der Waals surface area contributed by atoms with Gasteiger partial charge >= 0.3 is 5.97 Å². The number of hydrogen-bond acceptors (Lipinski definition) is 1. The Morgan fingerprint density at radius 3 is 2.53 bits per heavy atom. The lowest BCUT2D eigenvalue weighted by molar-refractivity contribution is -0.147. The number of carboxylic acid groups (broad SMARTS) is 1. The van der Waals surface area contributed by atoms with Crippen LogP contribution in [0.5, 0.6) is 0 Å². The van der Waals surface area contributed by atoms with Crippen LogP contribution >= 0.6 is 11.6 Å².